The summed E-state index contributed by atoms with van der Waals surface area (Å²) >= 11 is 0. The maximum absolute atomic E-state index is 12.3. The largest absolute Gasteiger partial charge is 0.409 e. The van der Waals surface area contributed by atoms with Crippen LogP contribution in [0.3, 0.4) is 0 Å². The topological polar surface area (TPSA) is 61.8 Å². The number of rotatable bonds is 3. The average Bonchev–Trinajstić information content (AvgIpc) is 2.25. The van der Waals surface area contributed by atoms with Crippen molar-refractivity contribution in [1.29, 1.82) is 0 Å². The Morgan fingerprint density at radius 1 is 1.44 bits per heavy atom. The number of nitrogens with two attached hydrogens (primary N) is 1. The number of halogens is 3. The van der Waals surface area contributed by atoms with Crippen molar-refractivity contribution in [3.63, 3.8) is 0 Å². The number of amidine groups is 1. The normalized spacial score (nSPS) is 12.6. The van der Waals surface area contributed by atoms with Gasteiger partial charge in [-0.25, -0.2) is 0 Å². The Bertz CT molecular complexity index is 457. The first-order valence-corrected chi connectivity index (χ1v) is 5.11. The summed E-state index contributed by atoms with van der Waals surface area (Å²) < 4.78 is 37.0. The summed E-state index contributed by atoms with van der Waals surface area (Å²) in [5, 5.41) is 11.5. The molecule has 0 heterocycles. The van der Waals surface area contributed by atoms with Crippen LogP contribution in [0.1, 0.15) is 11.1 Å². The molecule has 3 N–H and O–H groups in total. The van der Waals surface area contributed by atoms with E-state index in [1.165, 1.54) is 13.1 Å². The highest BCUT2D eigenvalue weighted by molar-refractivity contribution is 6.02. The summed E-state index contributed by atoms with van der Waals surface area (Å²) in [5.74, 6) is -0.220. The zero-order chi connectivity index (χ0) is 13.9. The smallest absolute Gasteiger partial charge is 0.405 e. The lowest BCUT2D eigenvalue weighted by atomic mass is 10.1. The van der Waals surface area contributed by atoms with Crippen LogP contribution in [-0.2, 0) is 0 Å². The maximum atomic E-state index is 12.3. The van der Waals surface area contributed by atoms with Crippen LogP contribution in [0.5, 0.6) is 0 Å². The Morgan fingerprint density at radius 3 is 2.56 bits per heavy atom. The van der Waals surface area contributed by atoms with Gasteiger partial charge < -0.3 is 15.8 Å². The zero-order valence-electron chi connectivity index (χ0n) is 9.99. The number of oxime groups is 1. The van der Waals surface area contributed by atoms with E-state index in [2.05, 4.69) is 5.16 Å². The molecular formula is C11H14F3N3O. The number of nitrogens with zero attached hydrogens (tertiary/aromatic N) is 2. The second-order valence-corrected chi connectivity index (χ2v) is 3.98. The molecule has 1 aromatic rings. The molecule has 18 heavy (non-hydrogen) atoms. The third-order valence-electron chi connectivity index (χ3n) is 2.36. The van der Waals surface area contributed by atoms with Crippen LogP contribution >= 0.6 is 0 Å². The molecule has 0 saturated carbocycles. The van der Waals surface area contributed by atoms with Crippen LogP contribution in [0.25, 0.3) is 0 Å². The first kappa shape index (κ1) is 14.1. The van der Waals surface area contributed by atoms with Crippen molar-refractivity contribution in [2.75, 3.05) is 18.5 Å². The molecule has 0 aliphatic rings. The number of hydrogen-bond acceptors (Lipinski definition) is 3. The van der Waals surface area contributed by atoms with Crippen molar-refractivity contribution in [2.24, 2.45) is 10.9 Å². The fourth-order valence-electron chi connectivity index (χ4n) is 1.60. The zero-order valence-corrected chi connectivity index (χ0v) is 9.99. The molecule has 0 aliphatic heterocycles. The third kappa shape index (κ3) is 3.54. The molecule has 1 rings (SSSR count). The van der Waals surface area contributed by atoms with Crippen molar-refractivity contribution in [2.45, 2.75) is 13.1 Å². The quantitative estimate of drug-likeness (QED) is 0.379. The molecule has 7 heteroatoms. The monoisotopic (exact) mass is 261 g/mol. The minimum absolute atomic E-state index is 0.220. The van der Waals surface area contributed by atoms with Crippen LogP contribution < -0.4 is 10.6 Å². The summed E-state index contributed by atoms with van der Waals surface area (Å²) in [6.45, 7) is 0.656. The Kier molecular flexibility index (Phi) is 4.05. The maximum Gasteiger partial charge on any atom is 0.405 e. The summed E-state index contributed by atoms with van der Waals surface area (Å²) in [6, 6.07) is 4.74. The summed E-state index contributed by atoms with van der Waals surface area (Å²) in [7, 11) is 1.30. The molecule has 0 aromatic heterocycles. The molecule has 0 unspecified atom stereocenters. The van der Waals surface area contributed by atoms with E-state index in [1.807, 2.05) is 0 Å². The van der Waals surface area contributed by atoms with Gasteiger partial charge in [0.25, 0.3) is 0 Å². The lowest BCUT2D eigenvalue weighted by molar-refractivity contribution is -0.119. The lowest BCUT2D eigenvalue weighted by Crippen LogP contribution is -2.32. The highest BCUT2D eigenvalue weighted by Gasteiger charge is 2.30. The van der Waals surface area contributed by atoms with E-state index in [4.69, 9.17) is 10.9 Å². The van der Waals surface area contributed by atoms with Gasteiger partial charge in [0.15, 0.2) is 5.84 Å². The van der Waals surface area contributed by atoms with Crippen LogP contribution in [0, 0.1) is 6.92 Å². The number of benzene rings is 1. The van der Waals surface area contributed by atoms with Crippen molar-refractivity contribution >= 4 is 11.5 Å². The van der Waals surface area contributed by atoms with Gasteiger partial charge in [-0.3, -0.25) is 0 Å². The van der Waals surface area contributed by atoms with Gasteiger partial charge in [0, 0.05) is 18.3 Å². The standard InChI is InChI=1S/C11H14F3N3O/c1-7-3-4-9(8(5-7)10(15)16-18)17(2)6-11(12,13)14/h3-5,18H,6H2,1-2H3,(H2,15,16). The van der Waals surface area contributed by atoms with Gasteiger partial charge in [0.2, 0.25) is 0 Å². The Balaban J connectivity index is 3.16. The van der Waals surface area contributed by atoms with E-state index >= 15 is 0 Å². The van der Waals surface area contributed by atoms with E-state index in [1.54, 1.807) is 19.1 Å². The third-order valence-corrected chi connectivity index (χ3v) is 2.36. The molecule has 0 radical (unpaired) electrons. The van der Waals surface area contributed by atoms with Crippen LogP contribution in [-0.4, -0.2) is 30.8 Å². The molecule has 0 saturated heterocycles. The fraction of sp³-hybridized carbons (Fsp3) is 0.364. The SMILES string of the molecule is Cc1ccc(N(C)CC(F)(F)F)c(/C(N)=N/O)c1. The average molecular weight is 261 g/mol. The van der Waals surface area contributed by atoms with Crippen molar-refractivity contribution < 1.29 is 18.4 Å². The first-order valence-electron chi connectivity index (χ1n) is 5.11. The minimum Gasteiger partial charge on any atom is -0.409 e. The van der Waals surface area contributed by atoms with E-state index in [0.29, 0.717) is 0 Å². The Hall–Kier alpha value is -1.92. The lowest BCUT2D eigenvalue weighted by Gasteiger charge is -2.23. The van der Waals surface area contributed by atoms with Crippen LogP contribution in [0.4, 0.5) is 18.9 Å². The Labute approximate surface area is 102 Å². The van der Waals surface area contributed by atoms with E-state index < -0.39 is 12.7 Å². The molecule has 0 aliphatic carbocycles. The van der Waals surface area contributed by atoms with Gasteiger partial charge in [-0.1, -0.05) is 16.8 Å². The molecule has 4 nitrogen and oxygen atoms in total. The molecular weight excluding hydrogens is 247 g/mol. The van der Waals surface area contributed by atoms with Gasteiger partial charge in [-0.15, -0.1) is 0 Å². The van der Waals surface area contributed by atoms with Gasteiger partial charge in [0.1, 0.15) is 6.54 Å². The van der Waals surface area contributed by atoms with Gasteiger partial charge in [-0.05, 0) is 19.1 Å². The fourth-order valence-corrected chi connectivity index (χ4v) is 1.60. The summed E-state index contributed by atoms with van der Waals surface area (Å²) in [6.07, 6.45) is -4.32. The van der Waals surface area contributed by atoms with E-state index in [9.17, 15) is 13.2 Å². The molecule has 0 bridgehead atoms. The molecule has 0 spiro atoms. The molecule has 1 aromatic carbocycles. The predicted molar refractivity (Wildman–Crippen MR) is 63.0 cm³/mol. The number of anilines is 1. The van der Waals surface area contributed by atoms with Crippen molar-refractivity contribution in [3.05, 3.63) is 29.3 Å². The van der Waals surface area contributed by atoms with Crippen LogP contribution in [0.2, 0.25) is 0 Å². The molecule has 100 valence electrons. The molecule has 0 amide bonds. The number of alkyl halides is 3. The van der Waals surface area contributed by atoms with E-state index in [-0.39, 0.29) is 17.1 Å². The minimum atomic E-state index is -4.32. The van der Waals surface area contributed by atoms with Crippen LogP contribution in [0.15, 0.2) is 23.4 Å². The highest BCUT2D eigenvalue weighted by atomic mass is 19.4. The Morgan fingerprint density at radius 2 is 2.06 bits per heavy atom. The second kappa shape index (κ2) is 5.16. The van der Waals surface area contributed by atoms with Crippen molar-refractivity contribution in [1.82, 2.24) is 0 Å². The van der Waals surface area contributed by atoms with Crippen molar-refractivity contribution in [3.8, 4) is 0 Å². The highest BCUT2D eigenvalue weighted by Crippen LogP contribution is 2.25. The summed E-state index contributed by atoms with van der Waals surface area (Å²) in [4.78, 5) is 1.01. The number of aryl methyl sites for hydroxylation is 1. The molecule has 0 atom stereocenters. The van der Waals surface area contributed by atoms with Gasteiger partial charge in [-0.2, -0.15) is 13.2 Å². The molecule has 0 fully saturated rings. The number of hydrogen-bond donors (Lipinski definition) is 2. The van der Waals surface area contributed by atoms with Gasteiger partial charge in [0.05, 0.1) is 0 Å². The van der Waals surface area contributed by atoms with E-state index in [0.717, 1.165) is 10.5 Å². The second-order valence-electron chi connectivity index (χ2n) is 3.98. The summed E-state index contributed by atoms with van der Waals surface area (Å²) in [5.41, 5.74) is 6.79. The van der Waals surface area contributed by atoms with Gasteiger partial charge >= 0.3 is 6.18 Å². The predicted octanol–water partition coefficient (Wildman–Crippen LogP) is 2.09. The first-order chi connectivity index (χ1) is 8.24.